The van der Waals surface area contributed by atoms with Crippen LogP contribution in [0.5, 0.6) is 0 Å². The quantitative estimate of drug-likeness (QED) is 0.787. The van der Waals surface area contributed by atoms with Crippen molar-refractivity contribution in [3.05, 3.63) is 29.8 Å². The van der Waals surface area contributed by atoms with Crippen molar-refractivity contribution in [1.82, 2.24) is 4.90 Å². The van der Waals surface area contributed by atoms with Crippen LogP contribution in [0.15, 0.2) is 24.3 Å². The van der Waals surface area contributed by atoms with E-state index in [0.29, 0.717) is 18.9 Å². The maximum Gasteiger partial charge on any atom is 0.222 e. The third-order valence-electron chi connectivity index (χ3n) is 3.42. The zero-order valence-electron chi connectivity index (χ0n) is 11.6. The number of nitrogen functional groups attached to an aromatic ring is 1. The molecule has 0 saturated heterocycles. The predicted octanol–water partition coefficient (Wildman–Crippen LogP) is 2.85. The van der Waals surface area contributed by atoms with Crippen molar-refractivity contribution in [2.75, 3.05) is 12.8 Å². The minimum Gasteiger partial charge on any atom is -0.399 e. The number of rotatable bonds is 6. The van der Waals surface area contributed by atoms with Crippen LogP contribution < -0.4 is 5.73 Å². The Bertz CT molecular complexity index is 390. The van der Waals surface area contributed by atoms with Crippen molar-refractivity contribution in [2.45, 2.75) is 45.6 Å². The lowest BCUT2D eigenvalue weighted by molar-refractivity contribution is -0.131. The predicted molar refractivity (Wildman–Crippen MR) is 76.3 cm³/mol. The first-order valence-corrected chi connectivity index (χ1v) is 6.65. The number of nitrogens with two attached hydrogens (primary N) is 1. The zero-order chi connectivity index (χ0) is 13.5. The van der Waals surface area contributed by atoms with Crippen LogP contribution in [0, 0.1) is 0 Å². The molecule has 1 atom stereocenters. The summed E-state index contributed by atoms with van der Waals surface area (Å²) in [6.07, 6.45) is 3.40. The molecule has 0 bridgehead atoms. The first-order valence-electron chi connectivity index (χ1n) is 6.65. The van der Waals surface area contributed by atoms with Gasteiger partial charge in [-0.3, -0.25) is 4.79 Å². The number of nitrogens with zero attached hydrogens (tertiary/aromatic N) is 1. The Morgan fingerprint density at radius 3 is 2.67 bits per heavy atom. The average molecular weight is 248 g/mol. The van der Waals surface area contributed by atoms with Gasteiger partial charge in [0, 0.05) is 25.2 Å². The van der Waals surface area contributed by atoms with Crippen molar-refractivity contribution >= 4 is 11.6 Å². The largest absolute Gasteiger partial charge is 0.399 e. The van der Waals surface area contributed by atoms with Crippen LogP contribution in [-0.4, -0.2) is 23.9 Å². The normalized spacial score (nSPS) is 12.2. The molecule has 3 heteroatoms. The molecule has 0 heterocycles. The average Bonchev–Trinajstić information content (AvgIpc) is 2.36. The fraction of sp³-hybridized carbons (Fsp3) is 0.533. The summed E-state index contributed by atoms with van der Waals surface area (Å²) in [6.45, 7) is 4.23. The van der Waals surface area contributed by atoms with Crippen molar-refractivity contribution in [1.29, 1.82) is 0 Å². The Kier molecular flexibility index (Phi) is 5.69. The van der Waals surface area contributed by atoms with Gasteiger partial charge < -0.3 is 10.6 Å². The van der Waals surface area contributed by atoms with Crippen LogP contribution in [0.25, 0.3) is 0 Å². The van der Waals surface area contributed by atoms with Crippen LogP contribution in [0.4, 0.5) is 5.69 Å². The Balaban J connectivity index is 2.48. The van der Waals surface area contributed by atoms with Crippen molar-refractivity contribution < 1.29 is 4.79 Å². The van der Waals surface area contributed by atoms with Crippen LogP contribution in [-0.2, 0) is 11.2 Å². The summed E-state index contributed by atoms with van der Waals surface area (Å²) < 4.78 is 0. The van der Waals surface area contributed by atoms with Gasteiger partial charge in [-0.05, 0) is 31.4 Å². The molecule has 100 valence electrons. The van der Waals surface area contributed by atoms with E-state index in [4.69, 9.17) is 5.73 Å². The summed E-state index contributed by atoms with van der Waals surface area (Å²) in [7, 11) is 1.89. The molecule has 1 rings (SSSR count). The van der Waals surface area contributed by atoms with Gasteiger partial charge in [-0.25, -0.2) is 0 Å². The first kappa shape index (κ1) is 14.6. The summed E-state index contributed by atoms with van der Waals surface area (Å²) >= 11 is 0. The van der Waals surface area contributed by atoms with E-state index in [1.807, 2.05) is 36.2 Å². The first-order chi connectivity index (χ1) is 8.56. The summed E-state index contributed by atoms with van der Waals surface area (Å²) in [5.41, 5.74) is 7.70. The summed E-state index contributed by atoms with van der Waals surface area (Å²) in [4.78, 5) is 13.9. The van der Waals surface area contributed by atoms with Crippen LogP contribution in [0.2, 0.25) is 0 Å². The number of benzene rings is 1. The SMILES string of the molecule is CCCC(C)N(C)C(=O)CCc1ccccc1N. The number of carbonyl (C=O) groups is 1. The number of hydrogen-bond acceptors (Lipinski definition) is 2. The van der Waals surface area contributed by atoms with Gasteiger partial charge in [-0.2, -0.15) is 0 Å². The van der Waals surface area contributed by atoms with Gasteiger partial charge in [0.15, 0.2) is 0 Å². The summed E-state index contributed by atoms with van der Waals surface area (Å²) in [6, 6.07) is 8.05. The maximum absolute atomic E-state index is 12.0. The monoisotopic (exact) mass is 248 g/mol. The molecule has 1 aromatic rings. The molecule has 0 saturated carbocycles. The van der Waals surface area contributed by atoms with Gasteiger partial charge in [0.2, 0.25) is 5.91 Å². The van der Waals surface area contributed by atoms with Gasteiger partial charge in [-0.1, -0.05) is 31.5 Å². The molecule has 2 N–H and O–H groups in total. The molecule has 0 aliphatic heterocycles. The molecule has 1 amide bonds. The summed E-state index contributed by atoms with van der Waals surface area (Å²) in [5, 5.41) is 0. The van der Waals surface area contributed by atoms with Crippen LogP contribution >= 0.6 is 0 Å². The number of amides is 1. The fourth-order valence-electron chi connectivity index (χ4n) is 2.04. The van der Waals surface area contributed by atoms with Crippen LogP contribution in [0.3, 0.4) is 0 Å². The number of para-hydroxylation sites is 1. The highest BCUT2D eigenvalue weighted by atomic mass is 16.2. The molecule has 1 aromatic carbocycles. The number of carbonyl (C=O) groups excluding carboxylic acids is 1. The topological polar surface area (TPSA) is 46.3 Å². The van der Waals surface area contributed by atoms with E-state index in [0.717, 1.165) is 24.1 Å². The molecule has 0 aliphatic carbocycles. The molecular formula is C15H24N2O. The Morgan fingerprint density at radius 2 is 2.06 bits per heavy atom. The maximum atomic E-state index is 12.0. The number of hydrogen-bond donors (Lipinski definition) is 1. The fourth-order valence-corrected chi connectivity index (χ4v) is 2.04. The van der Waals surface area contributed by atoms with Crippen molar-refractivity contribution in [3.8, 4) is 0 Å². The third kappa shape index (κ3) is 4.06. The molecule has 3 nitrogen and oxygen atoms in total. The molecule has 0 radical (unpaired) electrons. The molecule has 1 unspecified atom stereocenters. The number of aryl methyl sites for hydroxylation is 1. The van der Waals surface area contributed by atoms with E-state index in [1.54, 1.807) is 0 Å². The van der Waals surface area contributed by atoms with Gasteiger partial charge in [0.1, 0.15) is 0 Å². The van der Waals surface area contributed by atoms with E-state index in [-0.39, 0.29) is 5.91 Å². The third-order valence-corrected chi connectivity index (χ3v) is 3.42. The van der Waals surface area contributed by atoms with E-state index in [2.05, 4.69) is 13.8 Å². The lowest BCUT2D eigenvalue weighted by Crippen LogP contribution is -2.35. The van der Waals surface area contributed by atoms with E-state index < -0.39 is 0 Å². The molecular weight excluding hydrogens is 224 g/mol. The van der Waals surface area contributed by atoms with E-state index in [9.17, 15) is 4.79 Å². The molecule has 18 heavy (non-hydrogen) atoms. The molecule has 0 aliphatic rings. The Labute approximate surface area is 110 Å². The number of anilines is 1. The van der Waals surface area contributed by atoms with Gasteiger partial charge >= 0.3 is 0 Å². The van der Waals surface area contributed by atoms with Gasteiger partial charge in [0.25, 0.3) is 0 Å². The standard InChI is InChI=1S/C15H24N2O/c1-4-7-12(2)17(3)15(18)11-10-13-8-5-6-9-14(13)16/h5-6,8-9,12H,4,7,10-11,16H2,1-3H3. The van der Waals surface area contributed by atoms with Gasteiger partial charge in [-0.15, -0.1) is 0 Å². The molecule has 0 spiro atoms. The second-order valence-corrected chi connectivity index (χ2v) is 4.84. The van der Waals surface area contributed by atoms with Crippen molar-refractivity contribution in [2.24, 2.45) is 0 Å². The lowest BCUT2D eigenvalue weighted by atomic mass is 10.1. The highest BCUT2D eigenvalue weighted by Gasteiger charge is 2.14. The Morgan fingerprint density at radius 1 is 1.39 bits per heavy atom. The second-order valence-electron chi connectivity index (χ2n) is 4.84. The highest BCUT2D eigenvalue weighted by molar-refractivity contribution is 5.76. The smallest absolute Gasteiger partial charge is 0.222 e. The Hall–Kier alpha value is -1.51. The van der Waals surface area contributed by atoms with Crippen LogP contribution in [0.1, 0.15) is 38.7 Å². The van der Waals surface area contributed by atoms with Gasteiger partial charge in [0.05, 0.1) is 0 Å². The van der Waals surface area contributed by atoms with E-state index >= 15 is 0 Å². The highest BCUT2D eigenvalue weighted by Crippen LogP contribution is 2.14. The summed E-state index contributed by atoms with van der Waals surface area (Å²) in [5.74, 6) is 0.194. The lowest BCUT2D eigenvalue weighted by Gasteiger charge is -2.24. The van der Waals surface area contributed by atoms with E-state index in [1.165, 1.54) is 0 Å². The minimum absolute atomic E-state index is 0.194. The molecule has 0 fully saturated rings. The zero-order valence-corrected chi connectivity index (χ0v) is 11.6. The molecule has 0 aromatic heterocycles. The van der Waals surface area contributed by atoms with Crippen molar-refractivity contribution in [3.63, 3.8) is 0 Å². The minimum atomic E-state index is 0.194. The second kappa shape index (κ2) is 7.04.